The Morgan fingerprint density at radius 2 is 1.31 bits per heavy atom. The molecule has 1 unspecified atom stereocenters. The van der Waals surface area contributed by atoms with Crippen LogP contribution in [0.25, 0.3) is 54.7 Å². The van der Waals surface area contributed by atoms with E-state index in [1.165, 1.54) is 77.1 Å². The SMILES string of the molecule is CC1=C(/C=C(\N)c2ccc[nH]2)C2=CC(c3c4ccccc4c(-c4cccc5ccccc45)c4ccccc34)=CCC2N1c1ccccc1. The summed E-state index contributed by atoms with van der Waals surface area (Å²) in [6.45, 7) is 2.23. The molecule has 1 atom stereocenters. The fraction of sp³-hybridized carbons (Fsp3) is 0.0667. The van der Waals surface area contributed by atoms with Crippen LogP contribution in [0.4, 0.5) is 5.69 Å². The molecule has 0 spiro atoms. The lowest BCUT2D eigenvalue weighted by atomic mass is 9.81. The maximum atomic E-state index is 6.73. The third-order valence-corrected chi connectivity index (χ3v) is 10.1. The summed E-state index contributed by atoms with van der Waals surface area (Å²) in [5, 5.41) is 7.59. The van der Waals surface area contributed by atoms with Crippen LogP contribution in [0.5, 0.6) is 0 Å². The average molecular weight is 618 g/mol. The van der Waals surface area contributed by atoms with Gasteiger partial charge in [-0.05, 0) is 110 Å². The van der Waals surface area contributed by atoms with Gasteiger partial charge in [0.15, 0.2) is 0 Å². The molecular weight excluding hydrogens is 583 g/mol. The van der Waals surface area contributed by atoms with Crippen molar-refractivity contribution in [2.75, 3.05) is 4.90 Å². The van der Waals surface area contributed by atoms with Gasteiger partial charge in [0.25, 0.3) is 0 Å². The molecule has 0 amide bonds. The molecule has 230 valence electrons. The molecular formula is C45H35N3. The molecule has 3 nitrogen and oxygen atoms in total. The van der Waals surface area contributed by atoms with Crippen LogP contribution >= 0.6 is 0 Å². The van der Waals surface area contributed by atoms with E-state index in [4.69, 9.17) is 5.73 Å². The van der Waals surface area contributed by atoms with Crippen LogP contribution in [0, 0.1) is 0 Å². The van der Waals surface area contributed by atoms with E-state index in [1.54, 1.807) is 0 Å². The van der Waals surface area contributed by atoms with Crippen molar-refractivity contribution in [2.45, 2.75) is 19.4 Å². The topological polar surface area (TPSA) is 45.1 Å². The molecule has 0 saturated heterocycles. The largest absolute Gasteiger partial charge is 0.397 e. The van der Waals surface area contributed by atoms with Crippen molar-refractivity contribution in [2.24, 2.45) is 5.73 Å². The summed E-state index contributed by atoms with van der Waals surface area (Å²) in [6.07, 6.45) is 9.85. The Morgan fingerprint density at radius 1 is 0.688 bits per heavy atom. The van der Waals surface area contributed by atoms with Crippen molar-refractivity contribution in [3.05, 3.63) is 186 Å². The fourth-order valence-electron chi connectivity index (χ4n) is 8.00. The third-order valence-electron chi connectivity index (χ3n) is 10.1. The van der Waals surface area contributed by atoms with Gasteiger partial charge >= 0.3 is 0 Å². The molecule has 0 saturated carbocycles. The third kappa shape index (κ3) is 4.43. The number of fused-ring (bicyclic) bond motifs is 4. The molecule has 2 heterocycles. The predicted molar refractivity (Wildman–Crippen MR) is 203 cm³/mol. The highest BCUT2D eigenvalue weighted by Gasteiger charge is 2.36. The molecule has 0 bridgehead atoms. The normalized spacial score (nSPS) is 16.5. The maximum Gasteiger partial charge on any atom is 0.0630 e. The lowest BCUT2D eigenvalue weighted by Gasteiger charge is -2.31. The van der Waals surface area contributed by atoms with Crippen LogP contribution in [-0.4, -0.2) is 11.0 Å². The van der Waals surface area contributed by atoms with Crippen LogP contribution in [0.2, 0.25) is 0 Å². The average Bonchev–Trinajstić information content (AvgIpc) is 3.77. The van der Waals surface area contributed by atoms with Gasteiger partial charge in [0, 0.05) is 23.2 Å². The first kappa shape index (κ1) is 28.2. The van der Waals surface area contributed by atoms with Gasteiger partial charge in [0.1, 0.15) is 0 Å². The minimum absolute atomic E-state index is 0.186. The van der Waals surface area contributed by atoms with Gasteiger partial charge in [0.2, 0.25) is 0 Å². The van der Waals surface area contributed by atoms with Crippen molar-refractivity contribution in [3.8, 4) is 11.1 Å². The Hall–Kier alpha value is -6.06. The van der Waals surface area contributed by atoms with Gasteiger partial charge in [0.05, 0.1) is 17.4 Å². The van der Waals surface area contributed by atoms with Crippen LogP contribution in [-0.2, 0) is 0 Å². The summed E-state index contributed by atoms with van der Waals surface area (Å²) < 4.78 is 0. The molecule has 48 heavy (non-hydrogen) atoms. The van der Waals surface area contributed by atoms with Crippen LogP contribution < -0.4 is 10.6 Å². The summed E-state index contributed by atoms with van der Waals surface area (Å²) in [7, 11) is 0. The second-order valence-electron chi connectivity index (χ2n) is 12.8. The first-order chi connectivity index (χ1) is 23.7. The van der Waals surface area contributed by atoms with E-state index in [0.717, 1.165) is 17.8 Å². The molecule has 2 aliphatic rings. The van der Waals surface area contributed by atoms with Gasteiger partial charge in [-0.25, -0.2) is 0 Å². The molecule has 1 aliphatic carbocycles. The summed E-state index contributed by atoms with van der Waals surface area (Å²) in [5.74, 6) is 0. The van der Waals surface area contributed by atoms with Gasteiger partial charge in [-0.2, -0.15) is 0 Å². The van der Waals surface area contributed by atoms with Crippen molar-refractivity contribution < 1.29 is 0 Å². The number of para-hydroxylation sites is 1. The monoisotopic (exact) mass is 617 g/mol. The number of hydrogen-bond donors (Lipinski definition) is 2. The minimum Gasteiger partial charge on any atom is -0.397 e. The van der Waals surface area contributed by atoms with Crippen molar-refractivity contribution in [1.82, 2.24) is 4.98 Å². The van der Waals surface area contributed by atoms with Crippen LogP contribution in [0.1, 0.15) is 24.6 Å². The molecule has 9 rings (SSSR count). The van der Waals surface area contributed by atoms with E-state index in [2.05, 4.69) is 156 Å². The van der Waals surface area contributed by atoms with Crippen molar-refractivity contribution in [3.63, 3.8) is 0 Å². The Bertz CT molecular complexity index is 2430. The number of H-pyrrole nitrogens is 1. The maximum absolute atomic E-state index is 6.73. The highest BCUT2D eigenvalue weighted by Crippen LogP contribution is 2.48. The van der Waals surface area contributed by atoms with Crippen molar-refractivity contribution in [1.29, 1.82) is 0 Å². The predicted octanol–water partition coefficient (Wildman–Crippen LogP) is 11.0. The first-order valence-corrected chi connectivity index (χ1v) is 16.7. The van der Waals surface area contributed by atoms with E-state index in [9.17, 15) is 0 Å². The fourth-order valence-corrected chi connectivity index (χ4v) is 8.00. The summed E-state index contributed by atoms with van der Waals surface area (Å²) >= 11 is 0. The molecule has 6 aromatic carbocycles. The number of aromatic nitrogens is 1. The highest BCUT2D eigenvalue weighted by atomic mass is 15.2. The Kier molecular flexibility index (Phi) is 6.65. The highest BCUT2D eigenvalue weighted by molar-refractivity contribution is 6.22. The number of nitrogens with zero attached hydrogens (tertiary/aromatic N) is 1. The number of aromatic amines is 1. The van der Waals surface area contributed by atoms with Gasteiger partial charge in [-0.3, -0.25) is 0 Å². The lowest BCUT2D eigenvalue weighted by molar-refractivity contribution is 0.762. The number of nitrogens with two attached hydrogens (primary N) is 1. The molecule has 0 fully saturated rings. The van der Waals surface area contributed by atoms with E-state index >= 15 is 0 Å². The zero-order chi connectivity index (χ0) is 32.2. The molecule has 3 heteroatoms. The minimum atomic E-state index is 0.186. The summed E-state index contributed by atoms with van der Waals surface area (Å²) in [6, 6.07) is 48.2. The number of nitrogens with one attached hydrogen (secondary N) is 1. The Labute approximate surface area is 280 Å². The van der Waals surface area contributed by atoms with E-state index in [-0.39, 0.29) is 6.04 Å². The molecule has 1 aliphatic heterocycles. The lowest BCUT2D eigenvalue weighted by Crippen LogP contribution is -2.30. The number of anilines is 1. The zero-order valence-electron chi connectivity index (χ0n) is 26.8. The zero-order valence-corrected chi connectivity index (χ0v) is 26.8. The van der Waals surface area contributed by atoms with E-state index in [1.807, 2.05) is 18.3 Å². The van der Waals surface area contributed by atoms with Gasteiger partial charge in [-0.1, -0.05) is 115 Å². The number of benzene rings is 6. The summed E-state index contributed by atoms with van der Waals surface area (Å²) in [4.78, 5) is 5.76. The van der Waals surface area contributed by atoms with Crippen LogP contribution in [0.3, 0.4) is 0 Å². The molecule has 0 radical (unpaired) electrons. The van der Waals surface area contributed by atoms with Gasteiger partial charge in [-0.15, -0.1) is 0 Å². The number of allylic oxidation sites excluding steroid dienone is 4. The van der Waals surface area contributed by atoms with E-state index < -0.39 is 0 Å². The molecule has 7 aromatic rings. The van der Waals surface area contributed by atoms with Gasteiger partial charge < -0.3 is 15.6 Å². The Morgan fingerprint density at radius 3 is 2.00 bits per heavy atom. The standard InChI is InChI=1S/C45H35N3/c1-29-39(28-41(46)42-23-12-26-47-42)40-27-31(24-25-43(40)48(29)32-15-3-2-4-16-32)44-35-18-7-9-20-37(35)45(38-21-10-8-19-36(38)44)34-22-11-14-30-13-5-6-17-33(30)34/h2-24,26-28,43,47H,25,46H2,1H3/b41-28-. The smallest absolute Gasteiger partial charge is 0.0630 e. The molecule has 1 aromatic heterocycles. The van der Waals surface area contributed by atoms with Crippen LogP contribution in [0.15, 0.2) is 175 Å². The van der Waals surface area contributed by atoms with E-state index in [0.29, 0.717) is 0 Å². The first-order valence-electron chi connectivity index (χ1n) is 16.7. The quantitative estimate of drug-likeness (QED) is 0.189. The number of hydrogen-bond acceptors (Lipinski definition) is 2. The summed E-state index contributed by atoms with van der Waals surface area (Å²) in [5.41, 5.74) is 18.4. The van der Waals surface area contributed by atoms with Crippen molar-refractivity contribution >= 4 is 49.3 Å². The second kappa shape index (κ2) is 11.3. The Balaban J connectivity index is 1.28. The number of rotatable bonds is 5. The molecule has 3 N–H and O–H groups in total. The second-order valence-corrected chi connectivity index (χ2v) is 12.8.